The van der Waals surface area contributed by atoms with Crippen molar-refractivity contribution in [3.05, 3.63) is 220 Å². The van der Waals surface area contributed by atoms with Crippen LogP contribution in [0.25, 0.3) is 23.9 Å². The van der Waals surface area contributed by atoms with Crippen LogP contribution in [-0.2, 0) is 0 Å². The second kappa shape index (κ2) is 15.7. The topological polar surface area (TPSA) is 6.48 Å². The van der Waals surface area contributed by atoms with Crippen molar-refractivity contribution < 1.29 is 0 Å². The van der Waals surface area contributed by atoms with E-state index in [0.29, 0.717) is 0 Å². The average Bonchev–Trinajstić information content (AvgIpc) is 3.18. The zero-order valence-corrected chi connectivity index (χ0v) is 30.4. The fourth-order valence-electron chi connectivity index (χ4n) is 6.33. The maximum absolute atomic E-state index is 2.36. The van der Waals surface area contributed by atoms with Crippen molar-refractivity contribution in [2.45, 2.75) is 27.7 Å². The molecule has 0 aliphatic heterocycles. The van der Waals surface area contributed by atoms with E-state index in [1.807, 2.05) is 0 Å². The van der Waals surface area contributed by atoms with E-state index in [-0.39, 0.29) is 0 Å². The van der Waals surface area contributed by atoms with E-state index >= 15 is 0 Å². The Morgan fingerprint density at radius 1 is 0.346 bits per heavy atom. The van der Waals surface area contributed by atoms with Gasteiger partial charge in [0.2, 0.25) is 0 Å². The van der Waals surface area contributed by atoms with E-state index in [2.05, 4.69) is 232 Å². The molecule has 0 spiro atoms. The van der Waals surface area contributed by atoms with E-state index in [0.717, 1.165) is 56.4 Å². The second-order valence-electron chi connectivity index (χ2n) is 13.5. The fraction of sp³-hybridized carbons (Fsp3) is 0.0800. The molecule has 0 unspecified atom stereocenters. The number of benzene rings is 7. The molecule has 2 nitrogen and oxygen atoms in total. The highest BCUT2D eigenvalue weighted by atomic mass is 15.2. The van der Waals surface area contributed by atoms with Crippen molar-refractivity contribution >= 4 is 52.4 Å². The quantitative estimate of drug-likeness (QED) is 0.133. The lowest BCUT2D eigenvalue weighted by Crippen LogP contribution is -2.15. The molecule has 0 aliphatic rings. The number of nitrogens with zero attached hydrogens (tertiary/aromatic N) is 2. The van der Waals surface area contributed by atoms with E-state index in [4.69, 9.17) is 0 Å². The average molecular weight is 673 g/mol. The van der Waals surface area contributed by atoms with Crippen LogP contribution in [0.15, 0.2) is 176 Å². The van der Waals surface area contributed by atoms with Gasteiger partial charge in [0, 0.05) is 28.4 Å². The summed E-state index contributed by atoms with van der Waals surface area (Å²) in [5, 5.41) is 0. The Bertz CT molecular complexity index is 2170. The Kier molecular flexibility index (Phi) is 10.3. The maximum Gasteiger partial charge on any atom is 0.0539 e. The molecular formula is C50H44N2. The first-order valence-corrected chi connectivity index (χ1v) is 17.9. The lowest BCUT2D eigenvalue weighted by Gasteiger charge is -2.29. The highest BCUT2D eigenvalue weighted by molar-refractivity contribution is 5.96. The summed E-state index contributed by atoms with van der Waals surface area (Å²) in [6.07, 6.45) is 6.66. The minimum Gasteiger partial charge on any atom is -0.311 e. The molecule has 52 heavy (non-hydrogen) atoms. The zero-order valence-electron chi connectivity index (χ0n) is 30.4. The summed E-state index contributed by atoms with van der Waals surface area (Å²) in [7, 11) is 0. The Hall–Kier alpha value is -6.38. The Morgan fingerprint density at radius 2 is 0.692 bits per heavy atom. The minimum absolute atomic E-state index is 1.11. The van der Waals surface area contributed by atoms with Gasteiger partial charge in [0.1, 0.15) is 0 Å². The molecule has 0 saturated carbocycles. The van der Waals surface area contributed by atoms with Gasteiger partial charge in [0.05, 0.1) is 5.70 Å². The molecule has 0 atom stereocenters. The van der Waals surface area contributed by atoms with Crippen molar-refractivity contribution in [1.29, 1.82) is 0 Å². The molecule has 0 aromatic heterocycles. The lowest BCUT2D eigenvalue weighted by molar-refractivity contribution is 1.27. The predicted molar refractivity (Wildman–Crippen MR) is 225 cm³/mol. The van der Waals surface area contributed by atoms with E-state index in [1.165, 1.54) is 22.3 Å². The molecule has 0 aliphatic carbocycles. The molecule has 0 radical (unpaired) electrons. The minimum atomic E-state index is 1.11. The third-order valence-corrected chi connectivity index (χ3v) is 9.34. The molecule has 0 saturated heterocycles. The molecule has 0 fully saturated rings. The summed E-state index contributed by atoms with van der Waals surface area (Å²) in [5.41, 5.74) is 16.3. The van der Waals surface area contributed by atoms with Crippen molar-refractivity contribution in [3.63, 3.8) is 0 Å². The first-order chi connectivity index (χ1) is 25.4. The van der Waals surface area contributed by atoms with Gasteiger partial charge in [0.15, 0.2) is 0 Å². The molecule has 0 N–H and O–H groups in total. The number of hydrogen-bond donors (Lipinski definition) is 0. The van der Waals surface area contributed by atoms with Gasteiger partial charge in [0.25, 0.3) is 0 Å². The highest BCUT2D eigenvalue weighted by Crippen LogP contribution is 2.37. The van der Waals surface area contributed by atoms with E-state index < -0.39 is 0 Å². The molecule has 7 aromatic carbocycles. The molecule has 7 rings (SSSR count). The first-order valence-electron chi connectivity index (χ1n) is 17.9. The smallest absolute Gasteiger partial charge is 0.0539 e. The summed E-state index contributed by atoms with van der Waals surface area (Å²) in [4.78, 5) is 4.66. The molecule has 0 heterocycles. The van der Waals surface area contributed by atoms with Gasteiger partial charge < -0.3 is 9.80 Å². The highest BCUT2D eigenvalue weighted by Gasteiger charge is 2.17. The Labute approximate surface area is 309 Å². The van der Waals surface area contributed by atoms with Gasteiger partial charge in [-0.1, -0.05) is 150 Å². The molecular weight excluding hydrogens is 629 g/mol. The van der Waals surface area contributed by atoms with Crippen LogP contribution in [0.4, 0.5) is 28.4 Å². The Morgan fingerprint density at radius 3 is 1.10 bits per heavy atom. The molecule has 254 valence electrons. The standard InChI is InChI=1S/C50H44N2/c1-37-10-26-45(27-11-37)51(46-28-12-38(2)13-29-46)47-34-22-42(23-35-47)19-18-41-20-24-44(25-21-41)50(36-43-8-6-5-7-9-43)52(48-30-14-39(3)15-31-48)49-32-16-40(4)17-33-49/h5-36H,1-4H3/b19-18+,50-36-. The summed E-state index contributed by atoms with van der Waals surface area (Å²) in [6, 6.07) is 63.2. The van der Waals surface area contributed by atoms with E-state index in [1.54, 1.807) is 0 Å². The van der Waals surface area contributed by atoms with Crippen LogP contribution < -0.4 is 9.80 Å². The maximum atomic E-state index is 2.36. The van der Waals surface area contributed by atoms with Crippen molar-refractivity contribution in [3.8, 4) is 0 Å². The van der Waals surface area contributed by atoms with Crippen molar-refractivity contribution in [2.24, 2.45) is 0 Å². The number of rotatable bonds is 10. The van der Waals surface area contributed by atoms with Crippen LogP contribution in [0, 0.1) is 27.7 Å². The largest absolute Gasteiger partial charge is 0.311 e. The summed E-state index contributed by atoms with van der Waals surface area (Å²) in [5.74, 6) is 0. The number of aryl methyl sites for hydroxylation is 4. The van der Waals surface area contributed by atoms with Gasteiger partial charge in [-0.05, 0) is 117 Å². The predicted octanol–water partition coefficient (Wildman–Crippen LogP) is 13.9. The third kappa shape index (κ3) is 8.15. The summed E-state index contributed by atoms with van der Waals surface area (Å²) < 4.78 is 0. The van der Waals surface area contributed by atoms with Crippen LogP contribution in [0.2, 0.25) is 0 Å². The van der Waals surface area contributed by atoms with Gasteiger partial charge in [-0.3, -0.25) is 0 Å². The zero-order chi connectivity index (χ0) is 35.9. The van der Waals surface area contributed by atoms with Crippen LogP contribution in [0.3, 0.4) is 0 Å². The molecule has 7 aromatic rings. The first kappa shape index (κ1) is 34.1. The van der Waals surface area contributed by atoms with Crippen LogP contribution in [0.1, 0.15) is 44.5 Å². The monoisotopic (exact) mass is 672 g/mol. The number of anilines is 5. The summed E-state index contributed by atoms with van der Waals surface area (Å²) >= 11 is 0. The number of hydrogen-bond acceptors (Lipinski definition) is 2. The van der Waals surface area contributed by atoms with Gasteiger partial charge >= 0.3 is 0 Å². The normalized spacial score (nSPS) is 11.5. The van der Waals surface area contributed by atoms with Crippen LogP contribution >= 0.6 is 0 Å². The fourth-order valence-corrected chi connectivity index (χ4v) is 6.33. The van der Waals surface area contributed by atoms with Crippen LogP contribution in [-0.4, -0.2) is 0 Å². The second-order valence-corrected chi connectivity index (χ2v) is 13.5. The third-order valence-electron chi connectivity index (χ3n) is 9.34. The van der Waals surface area contributed by atoms with Gasteiger partial charge in [-0.15, -0.1) is 0 Å². The van der Waals surface area contributed by atoms with Crippen molar-refractivity contribution in [1.82, 2.24) is 0 Å². The Balaban J connectivity index is 1.18. The summed E-state index contributed by atoms with van der Waals surface area (Å²) in [6.45, 7) is 8.51. The van der Waals surface area contributed by atoms with E-state index in [9.17, 15) is 0 Å². The molecule has 0 amide bonds. The lowest BCUT2D eigenvalue weighted by atomic mass is 10.0. The molecule has 0 bridgehead atoms. The van der Waals surface area contributed by atoms with Gasteiger partial charge in [-0.25, -0.2) is 0 Å². The van der Waals surface area contributed by atoms with Crippen molar-refractivity contribution in [2.75, 3.05) is 9.80 Å². The SMILES string of the molecule is Cc1ccc(N(/C(=C\c2ccccc2)c2ccc(/C=C/c3ccc(N(c4ccc(C)cc4)c4ccc(C)cc4)cc3)cc2)c2ccc(C)cc2)cc1. The van der Waals surface area contributed by atoms with Crippen LogP contribution in [0.5, 0.6) is 0 Å². The van der Waals surface area contributed by atoms with Gasteiger partial charge in [-0.2, -0.15) is 0 Å². The molecule has 2 heteroatoms.